The van der Waals surface area contributed by atoms with Crippen LogP contribution in [0.25, 0.3) is 0 Å². The molecule has 0 saturated carbocycles. The van der Waals surface area contributed by atoms with Crippen molar-refractivity contribution in [2.75, 3.05) is 0 Å². The second kappa shape index (κ2) is 8.59. The molecule has 3 N–H and O–H groups in total. The van der Waals surface area contributed by atoms with Gasteiger partial charge in [0.1, 0.15) is 0 Å². The molecule has 3 nitrogen and oxygen atoms in total. The Labute approximate surface area is 142 Å². The summed E-state index contributed by atoms with van der Waals surface area (Å²) in [6, 6.07) is 1.52. The normalized spacial score (nSPS) is 16.4. The maximum atomic E-state index is 4.00. The Kier molecular flexibility index (Phi) is 8.11. The minimum absolute atomic E-state index is 0.507. The average molecular weight is 433 g/mol. The van der Waals surface area contributed by atoms with Crippen LogP contribution in [-0.4, -0.2) is 32.5 Å². The first kappa shape index (κ1) is 19.8. The van der Waals surface area contributed by atoms with E-state index in [2.05, 4.69) is 75.0 Å². The summed E-state index contributed by atoms with van der Waals surface area (Å²) in [5.41, 5.74) is 0. The summed E-state index contributed by atoms with van der Waals surface area (Å²) in [6.45, 7) is 13.6. The van der Waals surface area contributed by atoms with Gasteiger partial charge in [0.05, 0.1) is 0 Å². The van der Waals surface area contributed by atoms with Crippen molar-refractivity contribution >= 4 is 14.3 Å². The SMILES string of the molecule is CC(C)[NH][Zr]([NH]C(C)C)([NH]C(C)C)[C]1=[C]([GeH]([CH3])[CH3])C=CC1. The number of allylic oxidation sites excluding steroid dienone is 4. The summed E-state index contributed by atoms with van der Waals surface area (Å²) >= 11 is -4.25. The maximum absolute atomic E-state index is 4.00. The van der Waals surface area contributed by atoms with Gasteiger partial charge in [0.15, 0.2) is 0 Å². The van der Waals surface area contributed by atoms with Gasteiger partial charge in [-0.1, -0.05) is 0 Å². The van der Waals surface area contributed by atoms with Crippen LogP contribution >= 0.6 is 0 Å². The van der Waals surface area contributed by atoms with Crippen molar-refractivity contribution in [2.24, 2.45) is 0 Å². The van der Waals surface area contributed by atoms with Crippen molar-refractivity contribution in [2.45, 2.75) is 77.6 Å². The van der Waals surface area contributed by atoms with E-state index < -0.39 is 35.5 Å². The van der Waals surface area contributed by atoms with Gasteiger partial charge in [0, 0.05) is 0 Å². The van der Waals surface area contributed by atoms with E-state index in [4.69, 9.17) is 0 Å². The van der Waals surface area contributed by atoms with Crippen molar-refractivity contribution in [3.8, 4) is 0 Å². The Morgan fingerprint density at radius 3 is 1.67 bits per heavy atom. The van der Waals surface area contributed by atoms with Gasteiger partial charge in [-0.3, -0.25) is 0 Å². The Hall–Kier alpha value is 0.786. The van der Waals surface area contributed by atoms with Crippen LogP contribution in [-0.2, 0) is 21.1 Å². The molecule has 0 bridgehead atoms. The molecule has 21 heavy (non-hydrogen) atoms. The van der Waals surface area contributed by atoms with Crippen molar-refractivity contribution in [3.63, 3.8) is 0 Å². The quantitative estimate of drug-likeness (QED) is 0.515. The van der Waals surface area contributed by atoms with E-state index in [0.29, 0.717) is 18.1 Å². The minimum atomic E-state index is -2.97. The monoisotopic (exact) mass is 433 g/mol. The van der Waals surface area contributed by atoms with E-state index in [1.807, 2.05) is 0 Å². The van der Waals surface area contributed by atoms with Crippen LogP contribution in [0.4, 0.5) is 0 Å². The van der Waals surface area contributed by atoms with Gasteiger partial charge in [-0.15, -0.1) is 0 Å². The molecular weight excluding hydrogens is 398 g/mol. The Morgan fingerprint density at radius 1 is 0.905 bits per heavy atom. The van der Waals surface area contributed by atoms with E-state index in [1.54, 1.807) is 7.69 Å². The zero-order valence-corrected chi connectivity index (χ0v) is 20.1. The summed E-state index contributed by atoms with van der Waals surface area (Å²) < 4.78 is 15.5. The van der Waals surface area contributed by atoms with E-state index >= 15 is 0 Å². The molecule has 5 heteroatoms. The summed E-state index contributed by atoms with van der Waals surface area (Å²) in [7, 11) is 0. The Bertz CT molecular complexity index is 374. The molecule has 0 radical (unpaired) electrons. The predicted octanol–water partition coefficient (Wildman–Crippen LogP) is 3.12. The molecule has 0 aliphatic heterocycles. The standard InChI is InChI=1S/C7H11Ge.3C3H8N.Zr/c1-8(2)7-5-3-4-6-7;3*1-3(2)4;/h3,5,8H,4H2,1-2H3;3*3-4H,1-2H3;/q;3*-1;+3. The molecule has 0 aromatic heterocycles. The number of nitrogens with one attached hydrogen (secondary N) is 3. The van der Waals surface area contributed by atoms with Crippen LogP contribution < -0.4 is 9.78 Å². The van der Waals surface area contributed by atoms with Gasteiger partial charge in [-0.05, 0) is 0 Å². The summed E-state index contributed by atoms with van der Waals surface area (Å²) in [4.78, 5) is 0. The van der Waals surface area contributed by atoms with Crippen molar-refractivity contribution in [1.29, 1.82) is 0 Å². The molecule has 0 aromatic rings. The van der Waals surface area contributed by atoms with Crippen LogP contribution in [0.2, 0.25) is 11.5 Å². The molecule has 0 spiro atoms. The van der Waals surface area contributed by atoms with E-state index in [9.17, 15) is 0 Å². The number of hydrogen-bond acceptors (Lipinski definition) is 3. The Morgan fingerprint density at radius 2 is 1.33 bits per heavy atom. The van der Waals surface area contributed by atoms with E-state index in [1.165, 1.54) is 0 Å². The molecular formula is C16H35GeN3Zr. The Balaban J connectivity index is 3.29. The third kappa shape index (κ3) is 5.73. The van der Waals surface area contributed by atoms with Crippen LogP contribution in [0, 0.1) is 0 Å². The first-order valence-corrected chi connectivity index (χ1v) is 19.4. The van der Waals surface area contributed by atoms with Crippen molar-refractivity contribution < 1.29 is 21.1 Å². The number of rotatable bonds is 8. The molecule has 0 aromatic carbocycles. The fourth-order valence-electron chi connectivity index (χ4n) is 3.12. The van der Waals surface area contributed by atoms with Gasteiger partial charge >= 0.3 is 143 Å². The molecule has 0 fully saturated rings. The fraction of sp³-hybridized carbons (Fsp3) is 0.750. The molecule has 0 saturated heterocycles. The summed E-state index contributed by atoms with van der Waals surface area (Å²) in [5.74, 6) is 4.99. The van der Waals surface area contributed by atoms with Gasteiger partial charge in [0.2, 0.25) is 0 Å². The molecule has 1 rings (SSSR count). The predicted molar refractivity (Wildman–Crippen MR) is 94.5 cm³/mol. The second-order valence-corrected chi connectivity index (χ2v) is 20.8. The second-order valence-electron chi connectivity index (χ2n) is 7.34. The molecule has 0 unspecified atom stereocenters. The average Bonchev–Trinajstić information content (AvgIpc) is 2.74. The first-order chi connectivity index (χ1) is 9.68. The van der Waals surface area contributed by atoms with Gasteiger partial charge in [-0.2, -0.15) is 0 Å². The topological polar surface area (TPSA) is 36.1 Å². The fourth-order valence-corrected chi connectivity index (χ4v) is 22.9. The third-order valence-corrected chi connectivity index (χ3v) is 19.7. The van der Waals surface area contributed by atoms with Gasteiger partial charge in [0.25, 0.3) is 0 Å². The van der Waals surface area contributed by atoms with Crippen LogP contribution in [0.3, 0.4) is 0 Å². The molecule has 0 atom stereocenters. The molecule has 0 heterocycles. The van der Waals surface area contributed by atoms with Crippen LogP contribution in [0.5, 0.6) is 0 Å². The zero-order chi connectivity index (χ0) is 16.2. The third-order valence-electron chi connectivity index (χ3n) is 3.56. The molecule has 122 valence electrons. The first-order valence-electron chi connectivity index (χ1n) is 8.41. The van der Waals surface area contributed by atoms with Crippen molar-refractivity contribution in [3.05, 3.63) is 19.8 Å². The number of hydrogen-bond donors (Lipinski definition) is 3. The van der Waals surface area contributed by atoms with Crippen LogP contribution in [0.15, 0.2) is 19.8 Å². The van der Waals surface area contributed by atoms with Crippen molar-refractivity contribution in [1.82, 2.24) is 9.78 Å². The summed E-state index contributed by atoms with van der Waals surface area (Å²) in [6.07, 6.45) is 5.96. The summed E-state index contributed by atoms with van der Waals surface area (Å²) in [5, 5.41) is 0. The molecule has 0 amide bonds. The molecule has 1 aliphatic rings. The van der Waals surface area contributed by atoms with Gasteiger partial charge < -0.3 is 0 Å². The van der Waals surface area contributed by atoms with Gasteiger partial charge in [-0.25, -0.2) is 0 Å². The van der Waals surface area contributed by atoms with E-state index in [0.717, 1.165) is 6.42 Å². The zero-order valence-electron chi connectivity index (χ0n) is 15.2. The van der Waals surface area contributed by atoms with Crippen LogP contribution in [0.1, 0.15) is 48.0 Å². The van der Waals surface area contributed by atoms with E-state index in [-0.39, 0.29) is 0 Å². The molecule has 1 aliphatic carbocycles.